The van der Waals surface area contributed by atoms with E-state index in [0.717, 1.165) is 33.0 Å². The van der Waals surface area contributed by atoms with Gasteiger partial charge in [0.15, 0.2) is 0 Å². The number of carbonyl (C=O) groups excluding carboxylic acids is 1. The topological polar surface area (TPSA) is 63.8 Å². The molecule has 0 aliphatic carbocycles. The summed E-state index contributed by atoms with van der Waals surface area (Å²) in [5, 5.41) is 0. The molecule has 1 aliphatic heterocycles. The Morgan fingerprint density at radius 1 is 1.07 bits per heavy atom. The summed E-state index contributed by atoms with van der Waals surface area (Å²) in [6.45, 7) is 10.2. The zero-order valence-electron chi connectivity index (χ0n) is 17.4. The van der Waals surface area contributed by atoms with Crippen molar-refractivity contribution in [3.63, 3.8) is 0 Å². The Hall–Kier alpha value is -1.96. The number of aromatic nitrogens is 1. The van der Waals surface area contributed by atoms with Gasteiger partial charge in [0.05, 0.1) is 31.1 Å². The highest BCUT2D eigenvalue weighted by atomic mass is 32.2. The molecule has 0 atom stereocenters. The number of nitrogens with zero attached hydrogens (tertiary/aromatic N) is 2. The molecular weight excluding hydrogens is 374 g/mol. The van der Waals surface area contributed by atoms with Gasteiger partial charge in [-0.15, -0.1) is 0 Å². The van der Waals surface area contributed by atoms with Crippen LogP contribution in [0, 0.1) is 27.7 Å². The molecule has 0 radical (unpaired) electrons. The fourth-order valence-corrected chi connectivity index (χ4v) is 5.55. The molecule has 2 aromatic rings. The number of aryl methyl sites for hydroxylation is 3. The maximum absolute atomic E-state index is 13.0. The minimum absolute atomic E-state index is 0.127. The average molecular weight is 405 g/mol. The predicted molar refractivity (Wildman–Crippen MR) is 109 cm³/mol. The first-order valence-corrected chi connectivity index (χ1v) is 11.1. The Kier molecular flexibility index (Phi) is 5.79. The van der Waals surface area contributed by atoms with Crippen LogP contribution in [0.2, 0.25) is 0 Å². The summed E-state index contributed by atoms with van der Waals surface area (Å²) in [6.07, 6.45) is 0. The number of carbonyl (C=O) groups is 1. The van der Waals surface area contributed by atoms with Crippen molar-refractivity contribution < 1.29 is 18.1 Å². The Labute approximate surface area is 167 Å². The van der Waals surface area contributed by atoms with Crippen molar-refractivity contribution in [3.05, 3.63) is 52.3 Å². The van der Waals surface area contributed by atoms with Gasteiger partial charge >= 0.3 is 0 Å². The van der Waals surface area contributed by atoms with Gasteiger partial charge < -0.3 is 9.47 Å². The van der Waals surface area contributed by atoms with Crippen molar-refractivity contribution >= 4 is 15.8 Å². The molecule has 3 rings (SSSR count). The first-order chi connectivity index (χ1) is 13.1. The Morgan fingerprint density at radius 3 is 2.29 bits per heavy atom. The van der Waals surface area contributed by atoms with Crippen molar-refractivity contribution in [2.24, 2.45) is 7.05 Å². The van der Waals surface area contributed by atoms with E-state index < -0.39 is 10.0 Å². The molecule has 1 aromatic heterocycles. The lowest BCUT2D eigenvalue weighted by atomic mass is 10.1. The molecule has 0 amide bonds. The lowest BCUT2D eigenvalue weighted by Gasteiger charge is -2.31. The molecule has 1 fully saturated rings. The largest absolute Gasteiger partial charge is 0.351 e. The number of hydrogen-bond acceptors (Lipinski definition) is 3. The summed E-state index contributed by atoms with van der Waals surface area (Å²) < 4.78 is 29.7. The Balaban J connectivity index is 1.66. The zero-order valence-corrected chi connectivity index (χ0v) is 18.2. The van der Waals surface area contributed by atoms with Crippen LogP contribution >= 0.6 is 0 Å². The normalized spacial score (nSPS) is 16.5. The lowest BCUT2D eigenvalue weighted by Crippen LogP contribution is -3.15. The number of rotatable bonds is 5. The predicted octanol–water partition coefficient (Wildman–Crippen LogP) is 1.03. The quantitative estimate of drug-likeness (QED) is 0.757. The Bertz CT molecular complexity index is 1000. The van der Waals surface area contributed by atoms with Gasteiger partial charge in [0, 0.05) is 24.0 Å². The number of piperazine rings is 1. The van der Waals surface area contributed by atoms with Crippen LogP contribution in [0.5, 0.6) is 0 Å². The van der Waals surface area contributed by atoms with Crippen LogP contribution in [0.1, 0.15) is 32.9 Å². The molecule has 2 heterocycles. The van der Waals surface area contributed by atoms with E-state index in [1.807, 2.05) is 57.5 Å². The van der Waals surface area contributed by atoms with Crippen molar-refractivity contribution in [2.75, 3.05) is 32.7 Å². The van der Waals surface area contributed by atoms with E-state index >= 15 is 0 Å². The monoisotopic (exact) mass is 404 g/mol. The van der Waals surface area contributed by atoms with Crippen LogP contribution < -0.4 is 4.90 Å². The molecule has 0 spiro atoms. The summed E-state index contributed by atoms with van der Waals surface area (Å²) in [4.78, 5) is 14.2. The number of sulfonamides is 1. The minimum atomic E-state index is -3.50. The van der Waals surface area contributed by atoms with E-state index in [1.165, 1.54) is 0 Å². The molecule has 1 saturated heterocycles. The highest BCUT2D eigenvalue weighted by Gasteiger charge is 2.32. The smallest absolute Gasteiger partial charge is 0.243 e. The number of hydrogen-bond donors (Lipinski definition) is 1. The highest BCUT2D eigenvalue weighted by molar-refractivity contribution is 7.89. The van der Waals surface area contributed by atoms with Crippen molar-refractivity contribution in [3.8, 4) is 0 Å². The molecule has 0 saturated carbocycles. The van der Waals surface area contributed by atoms with Crippen LogP contribution in [0.15, 0.2) is 29.2 Å². The van der Waals surface area contributed by atoms with E-state index in [1.54, 1.807) is 10.4 Å². The van der Waals surface area contributed by atoms with Crippen molar-refractivity contribution in [1.29, 1.82) is 0 Å². The molecule has 7 heteroatoms. The molecule has 152 valence electrons. The molecule has 0 bridgehead atoms. The van der Waals surface area contributed by atoms with Crippen LogP contribution in [0.3, 0.4) is 0 Å². The second-order valence-electron chi connectivity index (χ2n) is 7.87. The molecular formula is C21H30N3O3S+. The van der Waals surface area contributed by atoms with E-state index in [0.29, 0.717) is 37.6 Å². The fourth-order valence-electron chi connectivity index (χ4n) is 3.80. The first kappa shape index (κ1) is 20.8. The number of benzene rings is 1. The minimum Gasteiger partial charge on any atom is -0.351 e. The van der Waals surface area contributed by atoms with Gasteiger partial charge in [0.1, 0.15) is 6.54 Å². The number of quaternary nitrogens is 1. The highest BCUT2D eigenvalue weighted by Crippen LogP contribution is 2.21. The van der Waals surface area contributed by atoms with Gasteiger partial charge in [-0.2, -0.15) is 4.31 Å². The maximum Gasteiger partial charge on any atom is 0.243 e. The summed E-state index contributed by atoms with van der Waals surface area (Å²) in [6, 6.07) is 7.47. The summed E-state index contributed by atoms with van der Waals surface area (Å²) in [5.41, 5.74) is 4.54. The van der Waals surface area contributed by atoms with Gasteiger partial charge in [-0.05, 0) is 51.0 Å². The van der Waals surface area contributed by atoms with Gasteiger partial charge in [-0.3, -0.25) is 4.79 Å². The van der Waals surface area contributed by atoms with Gasteiger partial charge in [0.2, 0.25) is 15.8 Å². The van der Waals surface area contributed by atoms with Crippen molar-refractivity contribution in [2.45, 2.75) is 32.6 Å². The molecule has 0 unspecified atom stereocenters. The van der Waals surface area contributed by atoms with E-state index in [9.17, 15) is 13.2 Å². The van der Waals surface area contributed by atoms with Crippen LogP contribution in [-0.2, 0) is 17.1 Å². The molecule has 1 aliphatic rings. The summed E-state index contributed by atoms with van der Waals surface area (Å²) in [7, 11) is -1.53. The third-order valence-corrected chi connectivity index (χ3v) is 7.92. The molecule has 6 nitrogen and oxygen atoms in total. The third kappa shape index (κ3) is 3.92. The SMILES string of the molecule is Cc1ccc(C)c(S(=O)(=O)N2CC[NH+](CC(=O)c3cc(C)n(C)c3C)CC2)c1. The second-order valence-corrected chi connectivity index (χ2v) is 9.77. The second kappa shape index (κ2) is 7.81. The van der Waals surface area contributed by atoms with Crippen LogP contribution in [0.4, 0.5) is 0 Å². The summed E-state index contributed by atoms with van der Waals surface area (Å²) in [5.74, 6) is 0.127. The third-order valence-electron chi connectivity index (χ3n) is 5.88. The lowest BCUT2D eigenvalue weighted by molar-refractivity contribution is -0.895. The van der Waals surface area contributed by atoms with Crippen LogP contribution in [-0.4, -0.2) is 55.8 Å². The standard InChI is InChI=1S/C21H29N3O3S/c1-15-6-7-16(2)21(12-15)28(26,27)24-10-8-23(9-11-24)14-20(25)19-13-17(3)22(5)18(19)4/h6-7,12-13H,8-11,14H2,1-5H3/p+1. The summed E-state index contributed by atoms with van der Waals surface area (Å²) >= 11 is 0. The molecule has 1 N–H and O–H groups in total. The van der Waals surface area contributed by atoms with Gasteiger partial charge in [0.25, 0.3) is 0 Å². The Morgan fingerprint density at radius 2 is 1.71 bits per heavy atom. The number of nitrogens with one attached hydrogen (secondary N) is 1. The number of ketones is 1. The van der Waals surface area contributed by atoms with Crippen molar-refractivity contribution in [1.82, 2.24) is 8.87 Å². The number of Topliss-reactive ketones (excluding diaryl/α,β-unsaturated/α-hetero) is 1. The average Bonchev–Trinajstić information content (AvgIpc) is 2.91. The zero-order chi connectivity index (χ0) is 20.6. The van der Waals surface area contributed by atoms with Gasteiger partial charge in [-0.1, -0.05) is 12.1 Å². The van der Waals surface area contributed by atoms with E-state index in [-0.39, 0.29) is 5.78 Å². The van der Waals surface area contributed by atoms with Crippen LogP contribution in [0.25, 0.3) is 0 Å². The van der Waals surface area contributed by atoms with Gasteiger partial charge in [-0.25, -0.2) is 8.42 Å². The molecule has 1 aromatic carbocycles. The fraction of sp³-hybridized carbons (Fsp3) is 0.476. The van der Waals surface area contributed by atoms with E-state index in [4.69, 9.17) is 0 Å². The maximum atomic E-state index is 13.0. The van der Waals surface area contributed by atoms with E-state index in [2.05, 4.69) is 0 Å². The first-order valence-electron chi connectivity index (χ1n) is 9.68. The molecule has 28 heavy (non-hydrogen) atoms.